The molecule has 10 aromatic rings. The largest absolute Gasteiger partial charge is 0.494 e. The number of rotatable bonds is 45. The zero-order valence-corrected chi connectivity index (χ0v) is 90.6. The summed E-state index contributed by atoms with van der Waals surface area (Å²) in [7, 11) is -6.58. The Hall–Kier alpha value is -6.22. The number of unbranched alkanes of at least 4 members (excludes halogenated alkanes) is 24. The van der Waals surface area contributed by atoms with Gasteiger partial charge < -0.3 is 18.6 Å². The quantitative estimate of drug-likeness (QED) is 0.0282. The van der Waals surface area contributed by atoms with Crippen LogP contribution < -0.4 is 42.0 Å². The SMILES string of the molecule is CCCCCCC1(CCCCCC)c2cc(-c3ccccc3)ccc2-c2ccc(-c3ccc4c(c3)[Si](CCCCCC)(CCCCCC)c3cc(-c5ccccc5)ccc3-4)cc21.CCCCCC[Si]1(CCCCCC)c2cc(B3OC(C)(C)C(C)(C)O3)ccc2-c2ccc(B3OC(C)(C)C(C)(C)O3)cc21.CCCCCC[Si]1(CCCCCC)c2cc(Br)ccc2-c2ccc(Br)cc21. The lowest BCUT2D eigenvalue weighted by atomic mass is 9.70. The number of halogens is 2. The van der Waals surface area contributed by atoms with E-state index in [2.05, 4.69) is 349 Å². The molecular formula is C121H162B2Br2O4Si3. The molecule has 6 aliphatic rings. The van der Waals surface area contributed by atoms with Crippen molar-refractivity contribution in [1.82, 2.24) is 0 Å². The molecule has 0 saturated carbocycles. The molecule has 0 bridgehead atoms. The molecule has 132 heavy (non-hydrogen) atoms. The fraction of sp³-hybridized carbons (Fsp3) is 0.504. The Morgan fingerprint density at radius 1 is 0.227 bits per heavy atom. The lowest BCUT2D eigenvalue weighted by Crippen LogP contribution is -2.57. The number of fused-ring (bicyclic) bond motifs is 12. The van der Waals surface area contributed by atoms with Crippen molar-refractivity contribution >= 4 is 112 Å². The molecule has 2 saturated heterocycles. The van der Waals surface area contributed by atoms with E-state index in [0.29, 0.717) is 0 Å². The lowest BCUT2D eigenvalue weighted by Gasteiger charge is -2.33. The van der Waals surface area contributed by atoms with E-state index < -0.39 is 24.2 Å². The monoisotopic (exact) mass is 1940 g/mol. The minimum absolute atomic E-state index is 0.0326. The second kappa shape index (κ2) is 46.0. The fourth-order valence-corrected chi connectivity index (χ4v) is 41.8. The van der Waals surface area contributed by atoms with Gasteiger partial charge in [-0.15, -0.1) is 0 Å². The van der Waals surface area contributed by atoms with Crippen LogP contribution >= 0.6 is 31.9 Å². The van der Waals surface area contributed by atoms with Crippen molar-refractivity contribution in [2.75, 3.05) is 0 Å². The first-order valence-electron chi connectivity index (χ1n) is 53.2. The summed E-state index contributed by atoms with van der Waals surface area (Å²) in [6, 6.07) is 89.3. The Morgan fingerprint density at radius 2 is 0.462 bits per heavy atom. The van der Waals surface area contributed by atoms with Crippen molar-refractivity contribution in [1.29, 1.82) is 0 Å². The molecule has 16 rings (SSSR count). The summed E-state index contributed by atoms with van der Waals surface area (Å²) in [5.41, 5.74) is 24.3. The maximum atomic E-state index is 6.57. The summed E-state index contributed by atoms with van der Waals surface area (Å²) >= 11 is 7.55. The summed E-state index contributed by atoms with van der Waals surface area (Å²) in [6.45, 7) is 35.8. The van der Waals surface area contributed by atoms with Crippen LogP contribution in [0.1, 0.15) is 340 Å². The van der Waals surface area contributed by atoms with Gasteiger partial charge in [-0.25, -0.2) is 0 Å². The third-order valence-electron chi connectivity index (χ3n) is 32.7. The highest BCUT2D eigenvalue weighted by atomic mass is 79.9. The standard InChI is InChI=1S/C61H74Si.C36H56B2O4Si.C24H32Br2Si/c1-5-9-13-23-39-61(40-24-14-10-6-2)57-43-49(47-27-19-17-20-28-47)31-35-53(57)54-36-32-50(44-58(54)61)52-34-38-56-55-37-33-51(48-29-21-18-22-30-48)45-59(55)62(60(56)46-52,41-25-15-11-7-3)42-26-16-12-8-4;1-11-13-15-17-23-43(24-18-16-14-12-2)31-25-27(37-39-33(3,4)34(5,6)40-37)19-21-29(31)30-22-20-28(26-32(30)43)38-41-35(7,8)36(9,10)42-38;1-3-5-7-9-15-27(16-10-8-6-4-2)23-17-19(25)11-13-21(23)22-14-12-20(26)18-24(22)27/h17-22,27-38,43-46H,5-16,23-26,39-42H2,1-4H3;19-22,25-26H,11-18,23-24H2,1-10H3;11-14,17-18H,3-10,15-16H2,1-2H3. The predicted molar refractivity (Wildman–Crippen MR) is 591 cm³/mol. The van der Waals surface area contributed by atoms with Crippen molar-refractivity contribution in [3.63, 3.8) is 0 Å². The molecule has 0 aromatic heterocycles. The van der Waals surface area contributed by atoms with Gasteiger partial charge in [-0.05, 0) is 272 Å². The van der Waals surface area contributed by atoms with E-state index in [1.165, 1.54) is 341 Å². The minimum atomic E-state index is -2.10. The molecular weight excluding hydrogens is 1780 g/mol. The van der Waals surface area contributed by atoms with Gasteiger partial charge >= 0.3 is 14.2 Å². The van der Waals surface area contributed by atoms with Crippen LogP contribution in [0, 0.1) is 0 Å². The van der Waals surface area contributed by atoms with Crippen molar-refractivity contribution in [2.45, 2.75) is 393 Å². The average Bonchev–Trinajstić information content (AvgIpc) is 1.54. The van der Waals surface area contributed by atoms with Gasteiger partial charge in [0.25, 0.3) is 0 Å². The lowest BCUT2D eigenvalue weighted by molar-refractivity contribution is 0.00578. The van der Waals surface area contributed by atoms with E-state index in [-0.39, 0.29) is 42.1 Å². The normalized spacial score (nSPS) is 16.7. The zero-order valence-electron chi connectivity index (χ0n) is 84.5. The molecule has 4 nitrogen and oxygen atoms in total. The molecule has 2 fully saturated rings. The summed E-state index contributed by atoms with van der Waals surface area (Å²) in [5, 5.41) is 10.0. The van der Waals surface area contributed by atoms with Crippen LogP contribution in [0.3, 0.4) is 0 Å². The van der Waals surface area contributed by atoms with Gasteiger partial charge in [0.1, 0.15) is 24.2 Å². The highest BCUT2D eigenvalue weighted by molar-refractivity contribution is 9.10. The summed E-state index contributed by atoms with van der Waals surface area (Å²) in [6.07, 6.45) is 44.7. The van der Waals surface area contributed by atoms with Crippen LogP contribution in [-0.4, -0.2) is 60.9 Å². The van der Waals surface area contributed by atoms with Gasteiger partial charge in [-0.3, -0.25) is 0 Å². The van der Waals surface area contributed by atoms with E-state index >= 15 is 0 Å². The summed E-state index contributed by atoms with van der Waals surface area (Å²) in [4.78, 5) is 0. The molecule has 0 spiro atoms. The molecule has 5 aliphatic heterocycles. The second-order valence-corrected chi connectivity index (χ2v) is 57.3. The molecule has 0 N–H and O–H groups in total. The second-order valence-electron chi connectivity index (χ2n) is 42.8. The molecule has 0 atom stereocenters. The predicted octanol–water partition coefficient (Wildman–Crippen LogP) is 32.5. The zero-order chi connectivity index (χ0) is 93.3. The molecule has 0 unspecified atom stereocenters. The fourth-order valence-electron chi connectivity index (χ4n) is 23.7. The van der Waals surface area contributed by atoms with Gasteiger partial charge in [-0.2, -0.15) is 0 Å². The molecule has 5 heterocycles. The smallest absolute Gasteiger partial charge is 0.399 e. The van der Waals surface area contributed by atoms with Crippen LogP contribution in [0.15, 0.2) is 215 Å². The third-order valence-corrected chi connectivity index (χ3v) is 49.6. The van der Waals surface area contributed by atoms with Crippen LogP contribution in [0.4, 0.5) is 0 Å². The van der Waals surface area contributed by atoms with Crippen molar-refractivity contribution in [3.05, 3.63) is 226 Å². The van der Waals surface area contributed by atoms with Crippen LogP contribution in [0.5, 0.6) is 0 Å². The van der Waals surface area contributed by atoms with E-state index in [1.807, 2.05) is 0 Å². The average molecular weight is 1950 g/mol. The maximum absolute atomic E-state index is 6.57. The van der Waals surface area contributed by atoms with Crippen molar-refractivity contribution in [2.24, 2.45) is 0 Å². The van der Waals surface area contributed by atoms with Gasteiger partial charge in [0.2, 0.25) is 0 Å². The van der Waals surface area contributed by atoms with Gasteiger partial charge in [0.05, 0.1) is 22.4 Å². The Balaban J connectivity index is 0.000000173. The number of hydrogen-bond donors (Lipinski definition) is 0. The Bertz CT molecular complexity index is 5050. The summed E-state index contributed by atoms with van der Waals surface area (Å²) in [5.74, 6) is 0. The van der Waals surface area contributed by atoms with Crippen LogP contribution in [0.2, 0.25) is 36.3 Å². The molecule has 0 amide bonds. The Labute approximate surface area is 821 Å². The first-order chi connectivity index (χ1) is 63.9. The Morgan fingerprint density at radius 3 is 0.758 bits per heavy atom. The molecule has 1 aliphatic carbocycles. The molecule has 10 aromatic carbocycles. The molecule has 702 valence electrons. The summed E-state index contributed by atoms with van der Waals surface area (Å²) < 4.78 is 28.8. The van der Waals surface area contributed by atoms with Gasteiger partial charge in [0.15, 0.2) is 0 Å². The van der Waals surface area contributed by atoms with Crippen molar-refractivity contribution in [3.8, 4) is 77.9 Å². The molecule has 11 heteroatoms. The topological polar surface area (TPSA) is 36.9 Å². The van der Waals surface area contributed by atoms with Crippen molar-refractivity contribution < 1.29 is 18.6 Å². The van der Waals surface area contributed by atoms with E-state index in [4.69, 9.17) is 18.6 Å². The number of benzene rings is 10. The van der Waals surface area contributed by atoms with E-state index in [0.717, 1.165) is 10.9 Å². The van der Waals surface area contributed by atoms with Gasteiger partial charge in [-0.1, -0.05) is 463 Å². The van der Waals surface area contributed by atoms with Crippen LogP contribution in [0.25, 0.3) is 77.9 Å². The highest BCUT2D eigenvalue weighted by Gasteiger charge is 2.56. The Kier molecular flexibility index (Phi) is 35.5. The first-order valence-corrected chi connectivity index (χ1v) is 62.0. The van der Waals surface area contributed by atoms with E-state index in [9.17, 15) is 0 Å². The minimum Gasteiger partial charge on any atom is -0.399 e. The maximum Gasteiger partial charge on any atom is 0.494 e. The van der Waals surface area contributed by atoms with Gasteiger partial charge in [0, 0.05) is 14.4 Å². The van der Waals surface area contributed by atoms with E-state index in [1.54, 1.807) is 42.2 Å². The number of hydrogen-bond acceptors (Lipinski definition) is 4. The van der Waals surface area contributed by atoms with Crippen LogP contribution in [-0.2, 0) is 24.0 Å². The third kappa shape index (κ3) is 21.9. The molecule has 0 radical (unpaired) electrons. The highest BCUT2D eigenvalue weighted by Crippen LogP contribution is 2.57. The first kappa shape index (κ1) is 102.